The molecular formula is C22H20N6O2S. The van der Waals surface area contributed by atoms with Gasteiger partial charge in [-0.05, 0) is 31.2 Å². The van der Waals surface area contributed by atoms with Crippen molar-refractivity contribution >= 4 is 39.6 Å². The van der Waals surface area contributed by atoms with Crippen molar-refractivity contribution in [3.8, 4) is 11.6 Å². The summed E-state index contributed by atoms with van der Waals surface area (Å²) in [6.07, 6.45) is 0. The number of amides is 1. The number of benzene rings is 2. The highest BCUT2D eigenvalue weighted by Crippen LogP contribution is 2.28. The molecule has 2 aromatic carbocycles. The second-order valence-electron chi connectivity index (χ2n) is 7.24. The Labute approximate surface area is 182 Å². The van der Waals surface area contributed by atoms with Crippen LogP contribution in [0, 0.1) is 0 Å². The molecule has 1 amide bonds. The fourth-order valence-corrected chi connectivity index (χ4v) is 4.10. The fourth-order valence-electron chi connectivity index (χ4n) is 3.52. The standard InChI is InChI=1S/C22H20N6O2S/c1-13(20-24-15-8-4-5-9-16(15)25-20)23-19(29)12-31-22-27-26-21(30-22)18-11-14-7-3-6-10-17(14)28(18)2/h3-11,13H,12H2,1-2H3,(H,23,29)(H,24,25). The predicted octanol–water partition coefficient (Wildman–Crippen LogP) is 4.07. The molecule has 3 aromatic heterocycles. The van der Waals surface area contributed by atoms with Crippen molar-refractivity contribution < 1.29 is 9.21 Å². The Hall–Kier alpha value is -3.59. The van der Waals surface area contributed by atoms with Crippen LogP contribution in [0.4, 0.5) is 0 Å². The molecule has 0 saturated carbocycles. The molecule has 0 radical (unpaired) electrons. The van der Waals surface area contributed by atoms with Crippen LogP contribution in [0.2, 0.25) is 0 Å². The first-order valence-electron chi connectivity index (χ1n) is 9.83. The Bertz CT molecular complexity index is 1350. The van der Waals surface area contributed by atoms with E-state index in [1.807, 2.05) is 73.1 Å². The lowest BCUT2D eigenvalue weighted by Gasteiger charge is -2.10. The molecule has 3 heterocycles. The van der Waals surface area contributed by atoms with E-state index in [1.54, 1.807) is 0 Å². The Morgan fingerprint density at radius 3 is 2.84 bits per heavy atom. The Morgan fingerprint density at radius 2 is 2.00 bits per heavy atom. The maximum atomic E-state index is 12.4. The van der Waals surface area contributed by atoms with Gasteiger partial charge in [-0.2, -0.15) is 0 Å². The van der Waals surface area contributed by atoms with Gasteiger partial charge in [-0.25, -0.2) is 4.98 Å². The van der Waals surface area contributed by atoms with Crippen molar-refractivity contribution in [1.82, 2.24) is 30.0 Å². The average molecular weight is 433 g/mol. The smallest absolute Gasteiger partial charge is 0.277 e. The van der Waals surface area contributed by atoms with Crippen molar-refractivity contribution in [2.24, 2.45) is 7.05 Å². The van der Waals surface area contributed by atoms with Gasteiger partial charge in [-0.15, -0.1) is 10.2 Å². The SMILES string of the molecule is CC(NC(=O)CSc1nnc(-c2cc3ccccc3n2C)o1)c1nc2ccccc2[nH]1. The largest absolute Gasteiger partial charge is 0.410 e. The molecule has 5 rings (SSSR count). The molecule has 0 aliphatic heterocycles. The minimum atomic E-state index is -0.241. The number of aromatic amines is 1. The summed E-state index contributed by atoms with van der Waals surface area (Å²) in [6.45, 7) is 1.89. The average Bonchev–Trinajstić information content (AvgIpc) is 3.49. The van der Waals surface area contributed by atoms with Gasteiger partial charge < -0.3 is 19.3 Å². The summed E-state index contributed by atoms with van der Waals surface area (Å²) in [4.78, 5) is 20.2. The van der Waals surface area contributed by atoms with Crippen LogP contribution in [0.15, 0.2) is 64.2 Å². The van der Waals surface area contributed by atoms with E-state index in [2.05, 4.69) is 25.5 Å². The van der Waals surface area contributed by atoms with E-state index in [0.717, 1.165) is 33.5 Å². The van der Waals surface area contributed by atoms with Gasteiger partial charge >= 0.3 is 0 Å². The number of carbonyl (C=O) groups excluding carboxylic acids is 1. The molecule has 5 aromatic rings. The number of aromatic nitrogens is 5. The zero-order valence-electron chi connectivity index (χ0n) is 17.0. The third kappa shape index (κ3) is 3.79. The summed E-state index contributed by atoms with van der Waals surface area (Å²) in [7, 11) is 1.96. The summed E-state index contributed by atoms with van der Waals surface area (Å²) in [5, 5.41) is 12.6. The third-order valence-electron chi connectivity index (χ3n) is 5.10. The second kappa shape index (κ2) is 7.92. The monoisotopic (exact) mass is 432 g/mol. The third-order valence-corrected chi connectivity index (χ3v) is 5.92. The summed E-state index contributed by atoms with van der Waals surface area (Å²) in [5.74, 6) is 1.18. The minimum absolute atomic E-state index is 0.137. The fraction of sp³-hybridized carbons (Fsp3) is 0.182. The summed E-state index contributed by atoms with van der Waals surface area (Å²) in [5.41, 5.74) is 3.74. The molecule has 0 spiro atoms. The van der Waals surface area contributed by atoms with Gasteiger partial charge in [0.1, 0.15) is 11.5 Å². The Balaban J connectivity index is 1.22. The number of carbonyl (C=O) groups is 1. The van der Waals surface area contributed by atoms with Crippen LogP contribution in [-0.4, -0.2) is 36.4 Å². The zero-order valence-corrected chi connectivity index (χ0v) is 17.8. The molecule has 0 aliphatic rings. The maximum Gasteiger partial charge on any atom is 0.277 e. The van der Waals surface area contributed by atoms with Gasteiger partial charge in [0, 0.05) is 18.0 Å². The molecule has 0 fully saturated rings. The molecule has 31 heavy (non-hydrogen) atoms. The first-order valence-corrected chi connectivity index (χ1v) is 10.8. The summed E-state index contributed by atoms with van der Waals surface area (Å²) >= 11 is 1.21. The van der Waals surface area contributed by atoms with Gasteiger partial charge in [0.15, 0.2) is 0 Å². The van der Waals surface area contributed by atoms with E-state index in [4.69, 9.17) is 4.42 Å². The zero-order chi connectivity index (χ0) is 21.4. The van der Waals surface area contributed by atoms with Crippen LogP contribution >= 0.6 is 11.8 Å². The molecule has 9 heteroatoms. The molecule has 1 unspecified atom stereocenters. The molecule has 156 valence electrons. The Kier molecular flexibility index (Phi) is 4.95. The topological polar surface area (TPSA) is 102 Å². The quantitative estimate of drug-likeness (QED) is 0.392. The van der Waals surface area contributed by atoms with Crippen molar-refractivity contribution in [3.05, 3.63) is 60.4 Å². The van der Waals surface area contributed by atoms with Crippen molar-refractivity contribution in [2.45, 2.75) is 18.2 Å². The van der Waals surface area contributed by atoms with Crippen LogP contribution in [0.1, 0.15) is 18.8 Å². The number of thioether (sulfide) groups is 1. The summed E-state index contributed by atoms with van der Waals surface area (Å²) < 4.78 is 7.79. The van der Waals surface area contributed by atoms with Crippen LogP contribution in [0.5, 0.6) is 0 Å². The minimum Gasteiger partial charge on any atom is -0.410 e. The van der Waals surface area contributed by atoms with Crippen molar-refractivity contribution in [2.75, 3.05) is 5.75 Å². The van der Waals surface area contributed by atoms with E-state index >= 15 is 0 Å². The molecular weight excluding hydrogens is 412 g/mol. The normalized spacial score (nSPS) is 12.5. The first-order chi connectivity index (χ1) is 15.1. The lowest BCUT2D eigenvalue weighted by Crippen LogP contribution is -2.28. The number of aryl methyl sites for hydroxylation is 1. The number of hydrogen-bond donors (Lipinski definition) is 2. The maximum absolute atomic E-state index is 12.4. The van der Waals surface area contributed by atoms with Gasteiger partial charge in [0.25, 0.3) is 11.1 Å². The van der Waals surface area contributed by atoms with Crippen LogP contribution in [0.3, 0.4) is 0 Å². The number of nitrogens with zero attached hydrogens (tertiary/aromatic N) is 4. The number of rotatable bonds is 6. The highest BCUT2D eigenvalue weighted by molar-refractivity contribution is 7.99. The van der Waals surface area contributed by atoms with Gasteiger partial charge in [-0.1, -0.05) is 42.1 Å². The number of fused-ring (bicyclic) bond motifs is 2. The molecule has 1 atom stereocenters. The molecule has 2 N–H and O–H groups in total. The lowest BCUT2D eigenvalue weighted by atomic mass is 10.2. The van der Waals surface area contributed by atoms with Gasteiger partial charge in [-0.3, -0.25) is 4.79 Å². The van der Waals surface area contributed by atoms with Crippen molar-refractivity contribution in [3.63, 3.8) is 0 Å². The lowest BCUT2D eigenvalue weighted by molar-refractivity contribution is -0.119. The number of imidazole rings is 1. The Morgan fingerprint density at radius 1 is 1.19 bits per heavy atom. The molecule has 0 bridgehead atoms. The van der Waals surface area contributed by atoms with E-state index in [1.165, 1.54) is 11.8 Å². The molecule has 0 saturated heterocycles. The van der Waals surface area contributed by atoms with Gasteiger partial charge in [0.05, 0.1) is 22.8 Å². The number of H-pyrrole nitrogens is 1. The van der Waals surface area contributed by atoms with E-state index in [9.17, 15) is 4.79 Å². The van der Waals surface area contributed by atoms with E-state index in [0.29, 0.717) is 11.1 Å². The predicted molar refractivity (Wildman–Crippen MR) is 120 cm³/mol. The number of para-hydroxylation sites is 3. The summed E-state index contributed by atoms with van der Waals surface area (Å²) in [6, 6.07) is 17.6. The van der Waals surface area contributed by atoms with E-state index < -0.39 is 0 Å². The molecule has 0 aliphatic carbocycles. The molecule has 8 nitrogen and oxygen atoms in total. The van der Waals surface area contributed by atoms with Crippen LogP contribution in [-0.2, 0) is 11.8 Å². The number of hydrogen-bond acceptors (Lipinski definition) is 6. The van der Waals surface area contributed by atoms with Crippen molar-refractivity contribution in [1.29, 1.82) is 0 Å². The van der Waals surface area contributed by atoms with Crippen LogP contribution in [0.25, 0.3) is 33.5 Å². The highest BCUT2D eigenvalue weighted by Gasteiger charge is 2.17. The highest BCUT2D eigenvalue weighted by atomic mass is 32.2. The van der Waals surface area contributed by atoms with Gasteiger partial charge in [0.2, 0.25) is 5.91 Å². The van der Waals surface area contributed by atoms with Crippen LogP contribution < -0.4 is 5.32 Å². The second-order valence-corrected chi connectivity index (χ2v) is 8.16. The first kappa shape index (κ1) is 19.4. The number of nitrogens with one attached hydrogen (secondary N) is 2. The van der Waals surface area contributed by atoms with E-state index in [-0.39, 0.29) is 17.7 Å².